The van der Waals surface area contributed by atoms with Gasteiger partial charge in [0.2, 0.25) is 0 Å². The molecule has 3 unspecified atom stereocenters. The van der Waals surface area contributed by atoms with Gasteiger partial charge < -0.3 is 9.47 Å². The third-order valence-electron chi connectivity index (χ3n) is 3.31. The molecule has 5 heteroatoms. The van der Waals surface area contributed by atoms with E-state index >= 15 is 0 Å². The lowest BCUT2D eigenvalue weighted by atomic mass is 10.1. The summed E-state index contributed by atoms with van der Waals surface area (Å²) in [4.78, 5) is 12.1. The Bertz CT molecular complexity index is 486. The summed E-state index contributed by atoms with van der Waals surface area (Å²) in [6.07, 6.45) is 0.734. The summed E-state index contributed by atoms with van der Waals surface area (Å²) in [5.41, 5.74) is 0.541. The minimum absolute atomic E-state index is 0.0288. The maximum Gasteiger partial charge on any atom is 0.175 e. The van der Waals surface area contributed by atoms with Crippen molar-refractivity contribution in [2.75, 3.05) is 19.5 Å². The quantitative estimate of drug-likeness (QED) is 0.773. The fourth-order valence-corrected chi connectivity index (χ4v) is 3.68. The van der Waals surface area contributed by atoms with E-state index in [0.29, 0.717) is 17.9 Å². The van der Waals surface area contributed by atoms with E-state index in [1.54, 1.807) is 31.4 Å². The predicted molar refractivity (Wildman–Crippen MR) is 74.2 cm³/mol. The van der Waals surface area contributed by atoms with Gasteiger partial charge >= 0.3 is 0 Å². The molecular weight excluding hydrogens is 264 g/mol. The molecule has 1 aromatic rings. The molecule has 0 radical (unpaired) electrons. The van der Waals surface area contributed by atoms with Crippen LogP contribution in [0, 0.1) is 0 Å². The van der Waals surface area contributed by atoms with Gasteiger partial charge in [-0.3, -0.25) is 9.00 Å². The van der Waals surface area contributed by atoms with Crippen molar-refractivity contribution in [3.8, 4) is 5.75 Å². The zero-order valence-corrected chi connectivity index (χ0v) is 11.9. The lowest BCUT2D eigenvalue weighted by molar-refractivity contribution is 0.102. The summed E-state index contributed by atoms with van der Waals surface area (Å²) < 4.78 is 22.6. The number of benzene rings is 1. The second-order valence-corrected chi connectivity index (χ2v) is 6.24. The van der Waals surface area contributed by atoms with E-state index in [-0.39, 0.29) is 22.9 Å². The first kappa shape index (κ1) is 14.2. The van der Waals surface area contributed by atoms with Crippen LogP contribution in [0.3, 0.4) is 0 Å². The van der Waals surface area contributed by atoms with E-state index in [0.717, 1.165) is 6.42 Å². The highest BCUT2D eigenvalue weighted by Gasteiger charge is 2.30. The van der Waals surface area contributed by atoms with Crippen molar-refractivity contribution >= 4 is 16.6 Å². The van der Waals surface area contributed by atoms with Crippen LogP contribution in [0.5, 0.6) is 5.75 Å². The standard InChI is InChI=1S/C14H18O4S/c1-10-14(6-7-18-10)19(16)9-13(15)11-4-3-5-12(8-11)17-2/h3-5,8,10,14H,6-7,9H2,1-2H3. The van der Waals surface area contributed by atoms with Crippen LogP contribution >= 0.6 is 0 Å². The molecule has 19 heavy (non-hydrogen) atoms. The van der Waals surface area contributed by atoms with Gasteiger partial charge in [-0.15, -0.1) is 0 Å². The number of carbonyl (C=O) groups excluding carboxylic acids is 1. The van der Waals surface area contributed by atoms with Crippen molar-refractivity contribution in [2.45, 2.75) is 24.7 Å². The van der Waals surface area contributed by atoms with Crippen LogP contribution in [0.25, 0.3) is 0 Å². The van der Waals surface area contributed by atoms with Crippen LogP contribution in [0.4, 0.5) is 0 Å². The van der Waals surface area contributed by atoms with Gasteiger partial charge in [-0.1, -0.05) is 12.1 Å². The van der Waals surface area contributed by atoms with Crippen molar-refractivity contribution in [2.24, 2.45) is 0 Å². The highest BCUT2D eigenvalue weighted by Crippen LogP contribution is 2.20. The molecule has 1 saturated heterocycles. The van der Waals surface area contributed by atoms with E-state index in [4.69, 9.17) is 9.47 Å². The summed E-state index contributed by atoms with van der Waals surface area (Å²) in [6.45, 7) is 2.54. The summed E-state index contributed by atoms with van der Waals surface area (Å²) in [5, 5.41) is -0.0328. The Hall–Kier alpha value is -1.20. The molecule has 3 atom stereocenters. The van der Waals surface area contributed by atoms with E-state index < -0.39 is 10.8 Å². The predicted octanol–water partition coefficient (Wildman–Crippen LogP) is 1.80. The van der Waals surface area contributed by atoms with Crippen LogP contribution in [0.15, 0.2) is 24.3 Å². The average Bonchev–Trinajstić information content (AvgIpc) is 2.85. The lowest BCUT2D eigenvalue weighted by Gasteiger charge is -2.13. The Morgan fingerprint density at radius 2 is 2.32 bits per heavy atom. The topological polar surface area (TPSA) is 52.6 Å². The number of ether oxygens (including phenoxy) is 2. The largest absolute Gasteiger partial charge is 0.497 e. The van der Waals surface area contributed by atoms with Gasteiger partial charge in [-0.25, -0.2) is 0 Å². The molecular formula is C14H18O4S. The van der Waals surface area contributed by atoms with E-state index in [1.165, 1.54) is 0 Å². The van der Waals surface area contributed by atoms with Crippen molar-refractivity contribution in [3.05, 3.63) is 29.8 Å². The minimum Gasteiger partial charge on any atom is -0.497 e. The fourth-order valence-electron chi connectivity index (χ4n) is 2.17. The zero-order chi connectivity index (χ0) is 13.8. The average molecular weight is 282 g/mol. The molecule has 0 N–H and O–H groups in total. The van der Waals surface area contributed by atoms with Crippen LogP contribution < -0.4 is 4.74 Å². The van der Waals surface area contributed by atoms with Crippen molar-refractivity contribution in [1.29, 1.82) is 0 Å². The maximum absolute atomic E-state index is 12.2. The molecule has 0 bridgehead atoms. The van der Waals surface area contributed by atoms with Gasteiger partial charge in [0.15, 0.2) is 5.78 Å². The molecule has 0 spiro atoms. The first-order chi connectivity index (χ1) is 9.11. The van der Waals surface area contributed by atoms with Crippen LogP contribution in [-0.4, -0.2) is 40.8 Å². The Morgan fingerprint density at radius 1 is 1.53 bits per heavy atom. The van der Waals surface area contributed by atoms with Crippen molar-refractivity contribution in [3.63, 3.8) is 0 Å². The molecule has 0 saturated carbocycles. The lowest BCUT2D eigenvalue weighted by Crippen LogP contribution is -2.27. The van der Waals surface area contributed by atoms with Gasteiger partial charge in [-0.2, -0.15) is 0 Å². The summed E-state index contributed by atoms with van der Waals surface area (Å²) in [7, 11) is 0.375. The van der Waals surface area contributed by atoms with Gasteiger partial charge in [-0.05, 0) is 25.5 Å². The highest BCUT2D eigenvalue weighted by atomic mass is 32.2. The van der Waals surface area contributed by atoms with Crippen molar-refractivity contribution < 1.29 is 18.5 Å². The van der Waals surface area contributed by atoms with Gasteiger partial charge in [0.05, 0.1) is 24.2 Å². The number of carbonyl (C=O) groups is 1. The smallest absolute Gasteiger partial charge is 0.175 e. The van der Waals surface area contributed by atoms with Gasteiger partial charge in [0.1, 0.15) is 5.75 Å². The van der Waals surface area contributed by atoms with Crippen LogP contribution in [-0.2, 0) is 15.5 Å². The van der Waals surface area contributed by atoms with Gasteiger partial charge in [0.25, 0.3) is 0 Å². The van der Waals surface area contributed by atoms with E-state index in [1.807, 2.05) is 6.92 Å². The molecule has 0 aliphatic carbocycles. The zero-order valence-electron chi connectivity index (χ0n) is 11.1. The SMILES string of the molecule is COc1cccc(C(=O)CS(=O)C2CCOC2C)c1. The molecule has 104 valence electrons. The maximum atomic E-state index is 12.2. The number of rotatable bonds is 5. The highest BCUT2D eigenvalue weighted by molar-refractivity contribution is 7.86. The minimum atomic E-state index is -1.18. The second-order valence-electron chi connectivity index (χ2n) is 4.58. The van der Waals surface area contributed by atoms with Gasteiger partial charge in [0, 0.05) is 23.0 Å². The Kier molecular flexibility index (Phi) is 4.71. The monoisotopic (exact) mass is 282 g/mol. The Balaban J connectivity index is 2.02. The molecule has 1 aliphatic heterocycles. The third kappa shape index (κ3) is 3.42. The number of Topliss-reactive ketones (excluding diaryl/α,β-unsaturated/α-hetero) is 1. The van der Waals surface area contributed by atoms with E-state index in [9.17, 15) is 9.00 Å². The first-order valence-corrected chi connectivity index (χ1v) is 7.66. The molecule has 1 aromatic carbocycles. The third-order valence-corrected chi connectivity index (χ3v) is 5.15. The number of ketones is 1. The van der Waals surface area contributed by atoms with Crippen molar-refractivity contribution in [1.82, 2.24) is 0 Å². The molecule has 0 amide bonds. The van der Waals surface area contributed by atoms with Crippen LogP contribution in [0.2, 0.25) is 0 Å². The molecule has 1 fully saturated rings. The summed E-state index contributed by atoms with van der Waals surface area (Å²) >= 11 is 0. The fraction of sp³-hybridized carbons (Fsp3) is 0.500. The molecule has 1 heterocycles. The number of hydrogen-bond donors (Lipinski definition) is 0. The molecule has 0 aromatic heterocycles. The van der Waals surface area contributed by atoms with Crippen LogP contribution in [0.1, 0.15) is 23.7 Å². The summed E-state index contributed by atoms with van der Waals surface area (Å²) in [5.74, 6) is 0.566. The number of hydrogen-bond acceptors (Lipinski definition) is 4. The molecule has 4 nitrogen and oxygen atoms in total. The first-order valence-electron chi connectivity index (χ1n) is 6.28. The second kappa shape index (κ2) is 6.30. The van der Waals surface area contributed by atoms with E-state index in [2.05, 4.69) is 0 Å². The number of methoxy groups -OCH3 is 1. The Morgan fingerprint density at radius 3 is 2.95 bits per heavy atom. The normalized spacial score (nSPS) is 24.1. The molecule has 1 aliphatic rings. The Labute approximate surface area is 115 Å². The molecule has 2 rings (SSSR count). The summed E-state index contributed by atoms with van der Waals surface area (Å²) in [6, 6.07) is 6.93.